The third-order valence-corrected chi connectivity index (χ3v) is 6.27. The van der Waals surface area contributed by atoms with Crippen molar-refractivity contribution in [3.05, 3.63) is 54.0 Å². The second-order valence-corrected chi connectivity index (χ2v) is 9.31. The number of nitrogens with one attached hydrogen (secondary N) is 1. The summed E-state index contributed by atoms with van der Waals surface area (Å²) in [6.07, 6.45) is 1.80. The van der Waals surface area contributed by atoms with Gasteiger partial charge >= 0.3 is 0 Å². The predicted molar refractivity (Wildman–Crippen MR) is 102 cm³/mol. The Morgan fingerprint density at radius 1 is 1.08 bits per heavy atom. The number of furan rings is 1. The Labute approximate surface area is 155 Å². The Morgan fingerprint density at radius 3 is 2.23 bits per heavy atom. The lowest BCUT2D eigenvalue weighted by atomic mass is 10.0. The van der Waals surface area contributed by atoms with E-state index in [0.717, 1.165) is 5.56 Å². The lowest BCUT2D eigenvalue weighted by molar-refractivity contribution is -0.121. The molecule has 1 amide bonds. The van der Waals surface area contributed by atoms with Crippen LogP contribution in [-0.4, -0.2) is 20.9 Å². The average molecular weight is 378 g/mol. The van der Waals surface area contributed by atoms with Gasteiger partial charge in [0.25, 0.3) is 0 Å². The molecule has 1 N–H and O–H groups in total. The quantitative estimate of drug-likeness (QED) is 0.752. The zero-order valence-corrected chi connectivity index (χ0v) is 16.5. The van der Waals surface area contributed by atoms with E-state index in [1.54, 1.807) is 24.3 Å². The monoisotopic (exact) mass is 377 g/mol. The topological polar surface area (TPSA) is 76.4 Å². The zero-order chi connectivity index (χ0) is 19.3. The van der Waals surface area contributed by atoms with Gasteiger partial charge in [-0.1, -0.05) is 39.8 Å². The molecule has 26 heavy (non-hydrogen) atoms. The molecule has 0 fully saturated rings. The van der Waals surface area contributed by atoms with E-state index in [9.17, 15) is 13.2 Å². The molecule has 1 aromatic carbocycles. The van der Waals surface area contributed by atoms with E-state index < -0.39 is 15.1 Å². The molecule has 0 bridgehead atoms. The Bertz CT molecular complexity index is 806. The van der Waals surface area contributed by atoms with Crippen LogP contribution in [0, 0.1) is 5.92 Å². The lowest BCUT2D eigenvalue weighted by Gasteiger charge is -2.17. The van der Waals surface area contributed by atoms with Gasteiger partial charge in [0.15, 0.2) is 9.84 Å². The predicted octanol–water partition coefficient (Wildman–Crippen LogP) is 4.08. The van der Waals surface area contributed by atoms with E-state index in [1.807, 2.05) is 26.0 Å². The van der Waals surface area contributed by atoms with Crippen LogP contribution in [0.2, 0.25) is 0 Å². The third kappa shape index (κ3) is 4.97. The van der Waals surface area contributed by atoms with Crippen molar-refractivity contribution in [1.82, 2.24) is 5.32 Å². The van der Waals surface area contributed by atoms with E-state index in [-0.39, 0.29) is 23.3 Å². The van der Waals surface area contributed by atoms with E-state index in [2.05, 4.69) is 19.2 Å². The Morgan fingerprint density at radius 2 is 1.73 bits per heavy atom. The highest BCUT2D eigenvalue weighted by Crippen LogP contribution is 2.30. The van der Waals surface area contributed by atoms with Gasteiger partial charge in [-0.2, -0.15) is 0 Å². The fourth-order valence-electron chi connectivity index (χ4n) is 2.69. The molecule has 0 saturated heterocycles. The molecule has 2 aromatic rings. The van der Waals surface area contributed by atoms with Gasteiger partial charge in [0.1, 0.15) is 11.0 Å². The maximum atomic E-state index is 13.1. The third-order valence-electron chi connectivity index (χ3n) is 4.19. The summed E-state index contributed by atoms with van der Waals surface area (Å²) in [5.41, 5.74) is 1.07. The molecule has 5 nitrogen and oxygen atoms in total. The van der Waals surface area contributed by atoms with E-state index in [1.165, 1.54) is 6.26 Å². The maximum Gasteiger partial charge on any atom is 0.220 e. The van der Waals surface area contributed by atoms with Crippen LogP contribution in [0.3, 0.4) is 0 Å². The van der Waals surface area contributed by atoms with Gasteiger partial charge in [0, 0.05) is 13.0 Å². The first-order valence-electron chi connectivity index (χ1n) is 8.85. The summed E-state index contributed by atoms with van der Waals surface area (Å²) in [6, 6.07) is 10.2. The van der Waals surface area contributed by atoms with Crippen molar-refractivity contribution in [2.24, 2.45) is 5.92 Å². The number of carbonyl (C=O) groups excluding carboxylic acids is 1. The number of rotatable bonds is 8. The van der Waals surface area contributed by atoms with Crippen LogP contribution in [0.5, 0.6) is 0 Å². The second kappa shape index (κ2) is 8.54. The lowest BCUT2D eigenvalue weighted by Crippen LogP contribution is -2.32. The summed E-state index contributed by atoms with van der Waals surface area (Å²) >= 11 is 0. The summed E-state index contributed by atoms with van der Waals surface area (Å²) in [6.45, 7) is 7.97. The van der Waals surface area contributed by atoms with Crippen LogP contribution in [-0.2, 0) is 14.6 Å². The van der Waals surface area contributed by atoms with Crippen LogP contribution in [0.1, 0.15) is 56.6 Å². The standard InChI is InChI=1S/C20H27NO4S/c1-14(2)12-20(22)21-13-19(18-6-5-11-25-18)26(23,24)17-9-7-16(8-10-17)15(3)4/h5-11,14-15,19H,12-13H2,1-4H3,(H,21,22)/t19-/m1/s1. The fourth-order valence-corrected chi connectivity index (χ4v) is 4.28. The van der Waals surface area contributed by atoms with Crippen LogP contribution in [0.15, 0.2) is 52.0 Å². The normalized spacial score (nSPS) is 13.2. The summed E-state index contributed by atoms with van der Waals surface area (Å²) in [5, 5.41) is 1.77. The molecule has 0 aliphatic rings. The first-order valence-corrected chi connectivity index (χ1v) is 10.4. The molecule has 6 heteroatoms. The minimum absolute atomic E-state index is 0.0205. The van der Waals surface area contributed by atoms with Gasteiger partial charge in [-0.15, -0.1) is 0 Å². The largest absolute Gasteiger partial charge is 0.468 e. The molecular formula is C20H27NO4S. The van der Waals surface area contributed by atoms with Crippen molar-refractivity contribution >= 4 is 15.7 Å². The van der Waals surface area contributed by atoms with E-state index >= 15 is 0 Å². The first-order chi connectivity index (χ1) is 12.2. The molecule has 0 spiro atoms. The minimum Gasteiger partial charge on any atom is -0.468 e. The highest BCUT2D eigenvalue weighted by Gasteiger charge is 2.31. The average Bonchev–Trinajstić information content (AvgIpc) is 3.08. The number of benzene rings is 1. The molecule has 0 aliphatic heterocycles. The van der Waals surface area contributed by atoms with E-state index in [0.29, 0.717) is 18.1 Å². The fraction of sp³-hybridized carbons (Fsp3) is 0.450. The molecule has 0 saturated carbocycles. The van der Waals surface area contributed by atoms with Crippen LogP contribution < -0.4 is 5.32 Å². The molecule has 0 radical (unpaired) electrons. The van der Waals surface area contributed by atoms with Gasteiger partial charge in [-0.25, -0.2) is 8.42 Å². The molecule has 142 valence electrons. The number of hydrogen-bond donors (Lipinski definition) is 1. The Kier molecular flexibility index (Phi) is 6.64. The molecule has 0 unspecified atom stereocenters. The smallest absolute Gasteiger partial charge is 0.220 e. The van der Waals surface area contributed by atoms with Crippen LogP contribution in [0.4, 0.5) is 0 Å². The number of amides is 1. The summed E-state index contributed by atoms with van der Waals surface area (Å²) < 4.78 is 31.6. The Hall–Kier alpha value is -2.08. The molecular weight excluding hydrogens is 350 g/mol. The SMILES string of the molecule is CC(C)CC(=O)NC[C@H](c1ccco1)S(=O)(=O)c1ccc(C(C)C)cc1. The van der Waals surface area contributed by atoms with Crippen molar-refractivity contribution in [1.29, 1.82) is 0 Å². The Balaban J connectivity index is 2.27. The highest BCUT2D eigenvalue weighted by molar-refractivity contribution is 7.91. The second-order valence-electron chi connectivity index (χ2n) is 7.17. The van der Waals surface area contributed by atoms with E-state index in [4.69, 9.17) is 4.42 Å². The van der Waals surface area contributed by atoms with Gasteiger partial charge in [0.05, 0.1) is 11.2 Å². The number of carbonyl (C=O) groups is 1. The molecule has 1 aromatic heterocycles. The zero-order valence-electron chi connectivity index (χ0n) is 15.7. The van der Waals surface area contributed by atoms with Crippen molar-refractivity contribution in [2.75, 3.05) is 6.54 Å². The van der Waals surface area contributed by atoms with Crippen LogP contribution >= 0.6 is 0 Å². The summed E-state index contributed by atoms with van der Waals surface area (Å²) in [4.78, 5) is 12.2. The van der Waals surface area contributed by atoms with Gasteiger partial charge in [-0.3, -0.25) is 4.79 Å². The molecule has 1 atom stereocenters. The van der Waals surface area contributed by atoms with Gasteiger partial charge in [0.2, 0.25) is 5.91 Å². The molecule has 1 heterocycles. The van der Waals surface area contributed by atoms with Gasteiger partial charge in [-0.05, 0) is 41.7 Å². The molecule has 0 aliphatic carbocycles. The van der Waals surface area contributed by atoms with Crippen molar-refractivity contribution in [3.63, 3.8) is 0 Å². The van der Waals surface area contributed by atoms with Crippen molar-refractivity contribution < 1.29 is 17.6 Å². The number of sulfone groups is 1. The van der Waals surface area contributed by atoms with Crippen LogP contribution in [0.25, 0.3) is 0 Å². The minimum atomic E-state index is -3.70. The summed E-state index contributed by atoms with van der Waals surface area (Å²) in [5.74, 6) is 0.685. The molecule has 2 rings (SSSR count). The number of hydrogen-bond acceptors (Lipinski definition) is 4. The van der Waals surface area contributed by atoms with Crippen molar-refractivity contribution in [2.45, 2.75) is 50.2 Å². The first kappa shape index (κ1) is 20.2. The summed E-state index contributed by atoms with van der Waals surface area (Å²) in [7, 11) is -3.70. The van der Waals surface area contributed by atoms with Crippen molar-refractivity contribution in [3.8, 4) is 0 Å². The van der Waals surface area contributed by atoms with Gasteiger partial charge < -0.3 is 9.73 Å². The maximum absolute atomic E-state index is 13.1. The highest BCUT2D eigenvalue weighted by atomic mass is 32.2.